The summed E-state index contributed by atoms with van der Waals surface area (Å²) in [6.07, 6.45) is 7.33. The van der Waals surface area contributed by atoms with Gasteiger partial charge in [0.2, 0.25) is 0 Å². The number of piperidine rings is 1. The topological polar surface area (TPSA) is 24.1 Å². The highest BCUT2D eigenvalue weighted by Gasteiger charge is 2.62. The van der Waals surface area contributed by atoms with Crippen LogP contribution in [0.25, 0.3) is 0 Å². The van der Waals surface area contributed by atoms with Crippen molar-refractivity contribution in [3.63, 3.8) is 0 Å². The molecule has 2 heteroatoms. The first-order valence-electron chi connectivity index (χ1n) is 7.61. The van der Waals surface area contributed by atoms with Crippen LogP contribution in [-0.4, -0.2) is 24.7 Å². The summed E-state index contributed by atoms with van der Waals surface area (Å²) in [5.41, 5.74) is 1.30. The molecular weight excluding hydrogens is 208 g/mol. The van der Waals surface area contributed by atoms with Crippen LogP contribution in [0.1, 0.15) is 46.0 Å². The predicted octanol–water partition coefficient (Wildman–Crippen LogP) is 2.15. The zero-order chi connectivity index (χ0) is 11.7. The van der Waals surface area contributed by atoms with Crippen molar-refractivity contribution in [1.29, 1.82) is 0 Å². The van der Waals surface area contributed by atoms with Crippen molar-refractivity contribution < 1.29 is 0 Å². The molecule has 2 spiro atoms. The molecule has 2 saturated carbocycles. The van der Waals surface area contributed by atoms with E-state index in [0.29, 0.717) is 5.54 Å². The van der Waals surface area contributed by atoms with Gasteiger partial charge in [-0.1, -0.05) is 13.8 Å². The van der Waals surface area contributed by atoms with E-state index in [2.05, 4.69) is 24.5 Å². The quantitative estimate of drug-likeness (QED) is 0.726. The highest BCUT2D eigenvalue weighted by Crippen LogP contribution is 2.58. The van der Waals surface area contributed by atoms with Gasteiger partial charge in [0.15, 0.2) is 0 Å². The molecule has 2 nitrogen and oxygen atoms in total. The van der Waals surface area contributed by atoms with E-state index in [1.807, 2.05) is 0 Å². The molecule has 5 unspecified atom stereocenters. The number of rotatable bonds is 1. The van der Waals surface area contributed by atoms with Crippen molar-refractivity contribution in [2.75, 3.05) is 13.1 Å². The van der Waals surface area contributed by atoms with Crippen LogP contribution in [0.5, 0.6) is 0 Å². The van der Waals surface area contributed by atoms with Crippen LogP contribution in [-0.2, 0) is 0 Å². The molecule has 4 fully saturated rings. The van der Waals surface area contributed by atoms with Crippen molar-refractivity contribution >= 4 is 0 Å². The van der Waals surface area contributed by atoms with E-state index < -0.39 is 0 Å². The zero-order valence-corrected chi connectivity index (χ0v) is 11.3. The van der Waals surface area contributed by atoms with Crippen LogP contribution >= 0.6 is 0 Å². The minimum absolute atomic E-state index is 0.555. The molecule has 0 radical (unpaired) electrons. The Bertz CT molecular complexity index is 336. The molecule has 2 aliphatic heterocycles. The molecule has 0 bridgehead atoms. The van der Waals surface area contributed by atoms with Crippen molar-refractivity contribution in [2.45, 2.75) is 57.5 Å². The third kappa shape index (κ3) is 1.60. The smallest absolute Gasteiger partial charge is 0.0232 e. The molecule has 0 aromatic heterocycles. The van der Waals surface area contributed by atoms with Gasteiger partial charge >= 0.3 is 0 Å². The van der Waals surface area contributed by atoms with Crippen molar-refractivity contribution in [3.8, 4) is 0 Å². The number of hydrogen-bond acceptors (Lipinski definition) is 2. The van der Waals surface area contributed by atoms with Crippen LogP contribution in [0.2, 0.25) is 0 Å². The van der Waals surface area contributed by atoms with Crippen LogP contribution < -0.4 is 10.6 Å². The van der Waals surface area contributed by atoms with Crippen LogP contribution in [0.15, 0.2) is 0 Å². The van der Waals surface area contributed by atoms with Gasteiger partial charge in [-0.05, 0) is 61.8 Å². The summed E-state index contributed by atoms with van der Waals surface area (Å²) in [6, 6.07) is 0.805. The maximum absolute atomic E-state index is 3.91. The predicted molar refractivity (Wildman–Crippen MR) is 69.9 cm³/mol. The first kappa shape index (κ1) is 10.8. The third-order valence-corrected chi connectivity index (χ3v) is 6.12. The van der Waals surface area contributed by atoms with Gasteiger partial charge in [-0.2, -0.15) is 0 Å². The van der Waals surface area contributed by atoms with Crippen molar-refractivity contribution in [2.24, 2.45) is 23.2 Å². The Morgan fingerprint density at radius 1 is 1.06 bits per heavy atom. The Kier molecular flexibility index (Phi) is 2.08. The fourth-order valence-corrected chi connectivity index (χ4v) is 4.90. The van der Waals surface area contributed by atoms with Gasteiger partial charge in [-0.15, -0.1) is 0 Å². The average molecular weight is 234 g/mol. The molecule has 2 N–H and O–H groups in total. The second kappa shape index (κ2) is 3.27. The van der Waals surface area contributed by atoms with Crippen LogP contribution in [0, 0.1) is 23.2 Å². The second-order valence-electron chi connectivity index (χ2n) is 7.75. The van der Waals surface area contributed by atoms with E-state index in [1.165, 1.54) is 45.2 Å². The molecule has 4 aliphatic rings. The maximum atomic E-state index is 3.91. The summed E-state index contributed by atoms with van der Waals surface area (Å²) in [5.74, 6) is 2.72. The standard InChI is InChI=1S/C15H26N2/c1-10-5-15(17-8-10)7-12(15)13-11(2)6-14(3-4-14)9-16-13/h10-13,16-17H,3-9H2,1-2H3. The fraction of sp³-hybridized carbons (Fsp3) is 1.00. The summed E-state index contributed by atoms with van der Waals surface area (Å²) >= 11 is 0. The van der Waals surface area contributed by atoms with E-state index in [4.69, 9.17) is 0 Å². The van der Waals surface area contributed by atoms with E-state index in [0.717, 1.165) is 29.2 Å². The zero-order valence-electron chi connectivity index (χ0n) is 11.3. The molecule has 0 amide bonds. The van der Waals surface area contributed by atoms with Gasteiger partial charge in [0.05, 0.1) is 0 Å². The Morgan fingerprint density at radius 2 is 1.88 bits per heavy atom. The Labute approximate surface area is 105 Å². The van der Waals surface area contributed by atoms with Gasteiger partial charge < -0.3 is 10.6 Å². The van der Waals surface area contributed by atoms with Gasteiger partial charge in [-0.25, -0.2) is 0 Å². The van der Waals surface area contributed by atoms with E-state index in [1.54, 1.807) is 0 Å². The average Bonchev–Trinajstić information content (AvgIpc) is 3.13. The largest absolute Gasteiger partial charge is 0.313 e. The van der Waals surface area contributed by atoms with Crippen molar-refractivity contribution in [3.05, 3.63) is 0 Å². The number of nitrogens with one attached hydrogen (secondary N) is 2. The SMILES string of the molecule is CC1CNC2(C1)CC2C1NCC2(CC2)CC1C. The molecule has 2 saturated heterocycles. The monoisotopic (exact) mass is 234 g/mol. The van der Waals surface area contributed by atoms with Gasteiger partial charge in [-0.3, -0.25) is 0 Å². The van der Waals surface area contributed by atoms with Gasteiger partial charge in [0, 0.05) is 18.1 Å². The lowest BCUT2D eigenvalue weighted by atomic mass is 9.80. The van der Waals surface area contributed by atoms with E-state index in [9.17, 15) is 0 Å². The van der Waals surface area contributed by atoms with Crippen LogP contribution in [0.4, 0.5) is 0 Å². The van der Waals surface area contributed by atoms with Crippen LogP contribution in [0.3, 0.4) is 0 Å². The van der Waals surface area contributed by atoms with E-state index in [-0.39, 0.29) is 0 Å². The lowest BCUT2D eigenvalue weighted by Crippen LogP contribution is -2.49. The minimum Gasteiger partial charge on any atom is -0.313 e. The Hall–Kier alpha value is -0.0800. The Balaban J connectivity index is 1.43. The highest BCUT2D eigenvalue weighted by atomic mass is 15.1. The molecule has 2 aliphatic carbocycles. The first-order chi connectivity index (χ1) is 8.13. The van der Waals surface area contributed by atoms with Gasteiger partial charge in [0.1, 0.15) is 0 Å². The van der Waals surface area contributed by atoms with Crippen molar-refractivity contribution in [1.82, 2.24) is 10.6 Å². The molecule has 4 rings (SSSR count). The summed E-state index contributed by atoms with van der Waals surface area (Å²) in [4.78, 5) is 0. The highest BCUT2D eigenvalue weighted by molar-refractivity contribution is 5.19. The van der Waals surface area contributed by atoms with E-state index >= 15 is 0 Å². The summed E-state index contributed by atoms with van der Waals surface area (Å²) in [7, 11) is 0. The third-order valence-electron chi connectivity index (χ3n) is 6.12. The molecular formula is C15H26N2. The Morgan fingerprint density at radius 3 is 2.47 bits per heavy atom. The summed E-state index contributed by atoms with van der Waals surface area (Å²) in [5, 5.41) is 7.73. The molecule has 0 aromatic rings. The summed E-state index contributed by atoms with van der Waals surface area (Å²) in [6.45, 7) is 7.45. The lowest BCUT2D eigenvalue weighted by Gasteiger charge is -2.37. The molecule has 17 heavy (non-hydrogen) atoms. The second-order valence-corrected chi connectivity index (χ2v) is 7.75. The lowest BCUT2D eigenvalue weighted by molar-refractivity contribution is 0.189. The molecule has 96 valence electrons. The number of hydrogen-bond donors (Lipinski definition) is 2. The van der Waals surface area contributed by atoms with Gasteiger partial charge in [0.25, 0.3) is 0 Å². The summed E-state index contributed by atoms with van der Waals surface area (Å²) < 4.78 is 0. The maximum Gasteiger partial charge on any atom is 0.0232 e. The fourth-order valence-electron chi connectivity index (χ4n) is 4.90. The first-order valence-corrected chi connectivity index (χ1v) is 7.61. The molecule has 2 heterocycles. The molecule has 5 atom stereocenters. The molecule has 0 aromatic carbocycles. The minimum atomic E-state index is 0.555. The normalized spacial score (nSPS) is 55.4.